The van der Waals surface area contributed by atoms with Crippen molar-refractivity contribution in [2.24, 2.45) is 0 Å². The highest BCUT2D eigenvalue weighted by molar-refractivity contribution is 7.09. The lowest BCUT2D eigenvalue weighted by Crippen LogP contribution is -2.07. The van der Waals surface area contributed by atoms with E-state index >= 15 is 0 Å². The summed E-state index contributed by atoms with van der Waals surface area (Å²) in [6, 6.07) is 1.93. The summed E-state index contributed by atoms with van der Waals surface area (Å²) < 4.78 is 0. The Morgan fingerprint density at radius 2 is 1.84 bits per heavy atom. The minimum Gasteiger partial charge on any atom is -0.370 e. The molecule has 19 heavy (non-hydrogen) atoms. The minimum atomic E-state index is 0.697. The zero-order valence-corrected chi connectivity index (χ0v) is 12.3. The fourth-order valence-corrected chi connectivity index (χ4v) is 2.36. The molecule has 6 heteroatoms. The molecule has 0 atom stereocenters. The van der Waals surface area contributed by atoms with Crippen LogP contribution in [0.15, 0.2) is 11.4 Å². The molecule has 0 aliphatic rings. The highest BCUT2D eigenvalue weighted by atomic mass is 32.1. The number of aryl methyl sites for hydroxylation is 2. The van der Waals surface area contributed by atoms with E-state index in [1.165, 1.54) is 0 Å². The van der Waals surface area contributed by atoms with Gasteiger partial charge in [0.15, 0.2) is 0 Å². The highest BCUT2D eigenvalue weighted by Gasteiger charge is 2.03. The van der Waals surface area contributed by atoms with Gasteiger partial charge in [0.1, 0.15) is 22.5 Å². The first-order valence-corrected chi connectivity index (χ1v) is 7.29. The number of rotatable bonds is 6. The number of nitrogens with zero attached hydrogens (tertiary/aromatic N) is 3. The Kier molecular flexibility index (Phi) is 4.68. The van der Waals surface area contributed by atoms with Gasteiger partial charge in [-0.25, -0.2) is 15.0 Å². The van der Waals surface area contributed by atoms with E-state index in [0.29, 0.717) is 6.54 Å². The molecule has 0 radical (unpaired) electrons. The Balaban J connectivity index is 2.01. The van der Waals surface area contributed by atoms with E-state index in [0.717, 1.165) is 41.1 Å². The van der Waals surface area contributed by atoms with Gasteiger partial charge in [0.05, 0.1) is 6.54 Å². The molecular formula is C13H19N5S. The Morgan fingerprint density at radius 3 is 2.47 bits per heavy atom. The third kappa shape index (κ3) is 4.17. The van der Waals surface area contributed by atoms with Crippen LogP contribution in [0.1, 0.15) is 29.9 Å². The molecule has 0 unspecified atom stereocenters. The van der Waals surface area contributed by atoms with Crippen molar-refractivity contribution in [3.05, 3.63) is 28.0 Å². The van der Waals surface area contributed by atoms with E-state index in [4.69, 9.17) is 0 Å². The monoisotopic (exact) mass is 277 g/mol. The summed E-state index contributed by atoms with van der Waals surface area (Å²) in [5.41, 5.74) is 1.06. The molecular weight excluding hydrogens is 258 g/mol. The molecule has 0 aromatic carbocycles. The third-order valence-corrected chi connectivity index (χ3v) is 3.45. The van der Waals surface area contributed by atoms with Crippen LogP contribution in [0.4, 0.5) is 11.6 Å². The fourth-order valence-electron chi connectivity index (χ4n) is 1.65. The van der Waals surface area contributed by atoms with Crippen LogP contribution in [0.25, 0.3) is 0 Å². The van der Waals surface area contributed by atoms with Gasteiger partial charge in [0.2, 0.25) is 0 Å². The zero-order chi connectivity index (χ0) is 13.7. The van der Waals surface area contributed by atoms with E-state index < -0.39 is 0 Å². The number of hydrogen-bond donors (Lipinski definition) is 2. The number of anilines is 2. The van der Waals surface area contributed by atoms with Crippen molar-refractivity contribution in [2.45, 2.75) is 33.7 Å². The third-order valence-electron chi connectivity index (χ3n) is 2.48. The average molecular weight is 277 g/mol. The molecule has 0 fully saturated rings. The maximum atomic E-state index is 4.42. The Hall–Kier alpha value is -1.69. The van der Waals surface area contributed by atoms with Crippen molar-refractivity contribution in [3.8, 4) is 0 Å². The maximum absolute atomic E-state index is 4.42. The van der Waals surface area contributed by atoms with E-state index in [9.17, 15) is 0 Å². The van der Waals surface area contributed by atoms with Gasteiger partial charge < -0.3 is 10.6 Å². The van der Waals surface area contributed by atoms with Gasteiger partial charge in [-0.15, -0.1) is 11.3 Å². The van der Waals surface area contributed by atoms with Gasteiger partial charge in [-0.2, -0.15) is 0 Å². The van der Waals surface area contributed by atoms with Crippen LogP contribution < -0.4 is 10.6 Å². The average Bonchev–Trinajstić information content (AvgIpc) is 2.79. The molecule has 0 spiro atoms. The smallest absolute Gasteiger partial charge is 0.132 e. The van der Waals surface area contributed by atoms with Crippen LogP contribution in [-0.4, -0.2) is 21.5 Å². The number of thiazole rings is 1. The van der Waals surface area contributed by atoms with Crippen molar-refractivity contribution in [1.29, 1.82) is 0 Å². The van der Waals surface area contributed by atoms with E-state index in [1.54, 1.807) is 11.3 Å². The normalized spacial score (nSPS) is 10.5. The maximum Gasteiger partial charge on any atom is 0.132 e. The minimum absolute atomic E-state index is 0.697. The van der Waals surface area contributed by atoms with Crippen molar-refractivity contribution in [2.75, 3.05) is 17.2 Å². The molecule has 0 amide bonds. The molecule has 102 valence electrons. The lowest BCUT2D eigenvalue weighted by Gasteiger charge is -2.08. The first-order valence-electron chi connectivity index (χ1n) is 6.42. The summed E-state index contributed by atoms with van der Waals surface area (Å²) in [5.74, 6) is 2.46. The first-order chi connectivity index (χ1) is 9.17. The largest absolute Gasteiger partial charge is 0.370 e. The van der Waals surface area contributed by atoms with E-state index in [-0.39, 0.29) is 0 Å². The van der Waals surface area contributed by atoms with Gasteiger partial charge >= 0.3 is 0 Å². The predicted octanol–water partition coefficient (Wildman–Crippen LogP) is 2.98. The molecule has 2 aromatic heterocycles. The second-order valence-electron chi connectivity index (χ2n) is 4.35. The molecule has 0 saturated carbocycles. The molecule has 2 rings (SSSR count). The molecule has 2 N–H and O–H groups in total. The van der Waals surface area contributed by atoms with Crippen LogP contribution in [0, 0.1) is 13.8 Å². The molecule has 2 heterocycles. The predicted molar refractivity (Wildman–Crippen MR) is 79.7 cm³/mol. The molecule has 0 aliphatic carbocycles. The summed E-state index contributed by atoms with van der Waals surface area (Å²) in [5, 5.41) is 9.68. The Bertz CT molecular complexity index is 538. The van der Waals surface area contributed by atoms with E-state index in [1.807, 2.05) is 19.9 Å². The van der Waals surface area contributed by atoms with Gasteiger partial charge in [-0.3, -0.25) is 0 Å². The van der Waals surface area contributed by atoms with Crippen LogP contribution in [-0.2, 0) is 6.54 Å². The lowest BCUT2D eigenvalue weighted by atomic mass is 10.4. The van der Waals surface area contributed by atoms with Crippen LogP contribution in [0.3, 0.4) is 0 Å². The van der Waals surface area contributed by atoms with Gasteiger partial charge in [-0.05, 0) is 20.3 Å². The topological polar surface area (TPSA) is 62.7 Å². The highest BCUT2D eigenvalue weighted by Crippen LogP contribution is 2.14. The quantitative estimate of drug-likeness (QED) is 0.850. The summed E-state index contributed by atoms with van der Waals surface area (Å²) in [6.07, 6.45) is 1.07. The second kappa shape index (κ2) is 6.47. The molecule has 0 aliphatic heterocycles. The Labute approximate surface area is 117 Å². The first kappa shape index (κ1) is 13.7. The SMILES string of the molecule is CCCNc1cc(NCc2nc(C)cs2)nc(C)n1. The number of hydrogen-bond acceptors (Lipinski definition) is 6. The van der Waals surface area contributed by atoms with E-state index in [2.05, 4.69) is 37.9 Å². The summed E-state index contributed by atoms with van der Waals surface area (Å²) in [6.45, 7) is 7.65. The van der Waals surface area contributed by atoms with Crippen LogP contribution >= 0.6 is 11.3 Å². The number of aromatic nitrogens is 3. The zero-order valence-electron chi connectivity index (χ0n) is 11.5. The van der Waals surface area contributed by atoms with Crippen LogP contribution in [0.5, 0.6) is 0 Å². The number of nitrogens with one attached hydrogen (secondary N) is 2. The summed E-state index contributed by atoms with van der Waals surface area (Å²) in [4.78, 5) is 13.2. The Morgan fingerprint density at radius 1 is 1.11 bits per heavy atom. The van der Waals surface area contributed by atoms with Gasteiger partial charge in [-0.1, -0.05) is 6.92 Å². The standard InChI is InChI=1S/C13H19N5S/c1-4-5-14-11-6-12(18-10(3)17-11)15-7-13-16-9(2)8-19-13/h6,8H,4-5,7H2,1-3H3,(H2,14,15,17,18). The molecule has 5 nitrogen and oxygen atoms in total. The van der Waals surface area contributed by atoms with Crippen LogP contribution in [0.2, 0.25) is 0 Å². The van der Waals surface area contributed by atoms with Crippen molar-refractivity contribution < 1.29 is 0 Å². The second-order valence-corrected chi connectivity index (χ2v) is 5.29. The molecule has 2 aromatic rings. The van der Waals surface area contributed by atoms with Crippen molar-refractivity contribution in [1.82, 2.24) is 15.0 Å². The molecule has 0 saturated heterocycles. The van der Waals surface area contributed by atoms with Crippen molar-refractivity contribution >= 4 is 23.0 Å². The summed E-state index contributed by atoms with van der Waals surface area (Å²) in [7, 11) is 0. The summed E-state index contributed by atoms with van der Waals surface area (Å²) >= 11 is 1.66. The van der Waals surface area contributed by atoms with Crippen molar-refractivity contribution in [3.63, 3.8) is 0 Å². The molecule has 0 bridgehead atoms. The van der Waals surface area contributed by atoms with Gasteiger partial charge in [0, 0.05) is 23.7 Å². The lowest BCUT2D eigenvalue weighted by molar-refractivity contribution is 0.950. The fraction of sp³-hybridized carbons (Fsp3) is 0.462. The van der Waals surface area contributed by atoms with Gasteiger partial charge in [0.25, 0.3) is 0 Å².